The second-order valence-corrected chi connectivity index (χ2v) is 5.58. The molecule has 1 heterocycles. The van der Waals surface area contributed by atoms with Crippen LogP contribution >= 0.6 is 11.3 Å². The van der Waals surface area contributed by atoms with Crippen LogP contribution < -0.4 is 0 Å². The first kappa shape index (κ1) is 14.7. The van der Waals surface area contributed by atoms with Gasteiger partial charge in [-0.15, -0.1) is 11.3 Å². The normalized spacial score (nSPS) is 12.8. The SMILES string of the molecule is CCCCCCCCCC[C@H](O)c1nccs1. The van der Waals surface area contributed by atoms with E-state index in [1.54, 1.807) is 17.5 Å². The lowest BCUT2D eigenvalue weighted by Gasteiger charge is -2.06. The first-order valence-corrected chi connectivity index (χ1v) is 7.80. The van der Waals surface area contributed by atoms with E-state index in [0.717, 1.165) is 17.8 Å². The number of hydrogen-bond donors (Lipinski definition) is 1. The Balaban J connectivity index is 1.90. The molecule has 1 rings (SSSR count). The van der Waals surface area contributed by atoms with Crippen molar-refractivity contribution in [3.05, 3.63) is 16.6 Å². The zero-order chi connectivity index (χ0) is 12.3. The minimum atomic E-state index is -0.338. The topological polar surface area (TPSA) is 33.1 Å². The number of aliphatic hydroxyl groups is 1. The molecular formula is C14H25NOS. The zero-order valence-electron chi connectivity index (χ0n) is 10.9. The highest BCUT2D eigenvalue weighted by molar-refractivity contribution is 7.09. The molecule has 0 amide bonds. The molecule has 0 saturated carbocycles. The first-order chi connectivity index (χ1) is 8.34. The minimum absolute atomic E-state index is 0.338. The fourth-order valence-electron chi connectivity index (χ4n) is 1.99. The van der Waals surface area contributed by atoms with Crippen LogP contribution in [0.5, 0.6) is 0 Å². The van der Waals surface area contributed by atoms with Crippen molar-refractivity contribution in [1.29, 1.82) is 0 Å². The Morgan fingerprint density at radius 1 is 1.12 bits per heavy atom. The van der Waals surface area contributed by atoms with E-state index in [-0.39, 0.29) is 6.10 Å². The highest BCUT2D eigenvalue weighted by Gasteiger charge is 2.08. The average Bonchev–Trinajstić information content (AvgIpc) is 2.86. The lowest BCUT2D eigenvalue weighted by Crippen LogP contribution is -1.96. The molecule has 0 aromatic carbocycles. The molecule has 2 nitrogen and oxygen atoms in total. The van der Waals surface area contributed by atoms with E-state index in [4.69, 9.17) is 0 Å². The van der Waals surface area contributed by atoms with Crippen LogP contribution in [0.25, 0.3) is 0 Å². The van der Waals surface area contributed by atoms with E-state index < -0.39 is 0 Å². The van der Waals surface area contributed by atoms with Crippen LogP contribution in [0.3, 0.4) is 0 Å². The fourth-order valence-corrected chi connectivity index (χ4v) is 2.65. The third kappa shape index (κ3) is 6.79. The molecular weight excluding hydrogens is 230 g/mol. The molecule has 0 saturated heterocycles. The van der Waals surface area contributed by atoms with Gasteiger partial charge in [-0.2, -0.15) is 0 Å². The number of unbranched alkanes of at least 4 members (excludes halogenated alkanes) is 7. The van der Waals surface area contributed by atoms with Crippen molar-refractivity contribution in [1.82, 2.24) is 4.98 Å². The maximum absolute atomic E-state index is 9.83. The van der Waals surface area contributed by atoms with Crippen LogP contribution in [-0.2, 0) is 0 Å². The van der Waals surface area contributed by atoms with Crippen molar-refractivity contribution in [2.24, 2.45) is 0 Å². The van der Waals surface area contributed by atoms with Crippen LogP contribution in [0, 0.1) is 0 Å². The summed E-state index contributed by atoms with van der Waals surface area (Å²) < 4.78 is 0. The van der Waals surface area contributed by atoms with E-state index in [1.165, 1.54) is 44.9 Å². The number of thiazole rings is 1. The van der Waals surface area contributed by atoms with Crippen LogP contribution in [0.15, 0.2) is 11.6 Å². The summed E-state index contributed by atoms with van der Waals surface area (Å²) in [5, 5.41) is 12.6. The van der Waals surface area contributed by atoms with Crippen LogP contribution in [0.2, 0.25) is 0 Å². The summed E-state index contributed by atoms with van der Waals surface area (Å²) in [5.41, 5.74) is 0. The number of hydrogen-bond acceptors (Lipinski definition) is 3. The monoisotopic (exact) mass is 255 g/mol. The Morgan fingerprint density at radius 2 is 1.76 bits per heavy atom. The number of aromatic nitrogens is 1. The fraction of sp³-hybridized carbons (Fsp3) is 0.786. The summed E-state index contributed by atoms with van der Waals surface area (Å²) in [4.78, 5) is 4.13. The smallest absolute Gasteiger partial charge is 0.121 e. The van der Waals surface area contributed by atoms with Gasteiger partial charge in [-0.25, -0.2) is 4.98 Å². The molecule has 0 bridgehead atoms. The van der Waals surface area contributed by atoms with Crippen LogP contribution in [-0.4, -0.2) is 10.1 Å². The van der Waals surface area contributed by atoms with Gasteiger partial charge in [-0.3, -0.25) is 0 Å². The molecule has 0 aliphatic carbocycles. The van der Waals surface area contributed by atoms with Gasteiger partial charge in [-0.1, -0.05) is 58.3 Å². The van der Waals surface area contributed by atoms with Crippen molar-refractivity contribution in [2.75, 3.05) is 0 Å². The minimum Gasteiger partial charge on any atom is -0.386 e. The van der Waals surface area contributed by atoms with Crippen LogP contribution in [0.4, 0.5) is 0 Å². The molecule has 17 heavy (non-hydrogen) atoms. The number of aliphatic hydroxyl groups excluding tert-OH is 1. The molecule has 0 fully saturated rings. The number of rotatable bonds is 10. The van der Waals surface area contributed by atoms with E-state index in [1.807, 2.05) is 5.38 Å². The Labute approximate surface area is 109 Å². The van der Waals surface area contributed by atoms with Crippen molar-refractivity contribution < 1.29 is 5.11 Å². The maximum atomic E-state index is 9.83. The average molecular weight is 255 g/mol. The molecule has 1 aromatic rings. The van der Waals surface area contributed by atoms with Crippen molar-refractivity contribution in [3.63, 3.8) is 0 Å². The summed E-state index contributed by atoms with van der Waals surface area (Å²) in [5.74, 6) is 0. The molecule has 3 heteroatoms. The Morgan fingerprint density at radius 3 is 2.35 bits per heavy atom. The van der Waals surface area contributed by atoms with E-state index in [2.05, 4.69) is 11.9 Å². The third-order valence-corrected chi connectivity index (χ3v) is 3.94. The predicted octanol–water partition coefficient (Wildman–Crippen LogP) is 4.71. The standard InChI is InChI=1S/C14H25NOS/c1-2-3-4-5-6-7-8-9-10-13(16)14-15-11-12-17-14/h11-13,16H,2-10H2,1H3/t13-/m0/s1. The summed E-state index contributed by atoms with van der Waals surface area (Å²) in [6, 6.07) is 0. The van der Waals surface area contributed by atoms with Gasteiger partial charge >= 0.3 is 0 Å². The van der Waals surface area contributed by atoms with Gasteiger partial charge in [0.15, 0.2) is 0 Å². The predicted molar refractivity (Wildman–Crippen MR) is 74.3 cm³/mol. The van der Waals surface area contributed by atoms with E-state index >= 15 is 0 Å². The highest BCUT2D eigenvalue weighted by Crippen LogP contribution is 2.21. The van der Waals surface area contributed by atoms with Crippen LogP contribution in [0.1, 0.15) is 75.8 Å². The molecule has 1 aromatic heterocycles. The second-order valence-electron chi connectivity index (χ2n) is 4.65. The summed E-state index contributed by atoms with van der Waals surface area (Å²) in [6.07, 6.45) is 12.8. The van der Waals surface area contributed by atoms with Gasteiger partial charge in [0, 0.05) is 11.6 Å². The molecule has 98 valence electrons. The Kier molecular flexibility index (Phi) is 8.28. The first-order valence-electron chi connectivity index (χ1n) is 6.92. The molecule has 0 spiro atoms. The van der Waals surface area contributed by atoms with Gasteiger partial charge in [0.05, 0.1) is 0 Å². The van der Waals surface area contributed by atoms with Gasteiger partial charge in [0.1, 0.15) is 11.1 Å². The highest BCUT2D eigenvalue weighted by atomic mass is 32.1. The molecule has 0 unspecified atom stereocenters. The van der Waals surface area contributed by atoms with Gasteiger partial charge < -0.3 is 5.11 Å². The summed E-state index contributed by atoms with van der Waals surface area (Å²) in [6.45, 7) is 2.25. The lowest BCUT2D eigenvalue weighted by molar-refractivity contribution is 0.163. The molecule has 1 atom stereocenters. The largest absolute Gasteiger partial charge is 0.386 e. The third-order valence-electron chi connectivity index (χ3n) is 3.07. The quantitative estimate of drug-likeness (QED) is 0.614. The zero-order valence-corrected chi connectivity index (χ0v) is 11.7. The van der Waals surface area contributed by atoms with E-state index in [0.29, 0.717) is 0 Å². The molecule has 0 aliphatic heterocycles. The van der Waals surface area contributed by atoms with E-state index in [9.17, 15) is 5.11 Å². The summed E-state index contributed by atoms with van der Waals surface area (Å²) >= 11 is 1.55. The Bertz CT molecular complexity index is 261. The molecule has 0 radical (unpaired) electrons. The number of nitrogens with zero attached hydrogens (tertiary/aromatic N) is 1. The van der Waals surface area contributed by atoms with Gasteiger partial charge in [-0.05, 0) is 6.42 Å². The Hall–Kier alpha value is -0.410. The maximum Gasteiger partial charge on any atom is 0.121 e. The van der Waals surface area contributed by atoms with Crippen molar-refractivity contribution in [2.45, 2.75) is 70.8 Å². The van der Waals surface area contributed by atoms with Crippen molar-refractivity contribution >= 4 is 11.3 Å². The molecule has 0 aliphatic rings. The van der Waals surface area contributed by atoms with Gasteiger partial charge in [0.2, 0.25) is 0 Å². The summed E-state index contributed by atoms with van der Waals surface area (Å²) in [7, 11) is 0. The van der Waals surface area contributed by atoms with Crippen molar-refractivity contribution in [3.8, 4) is 0 Å². The lowest BCUT2D eigenvalue weighted by atomic mass is 10.1. The van der Waals surface area contributed by atoms with Gasteiger partial charge in [0.25, 0.3) is 0 Å². The second kappa shape index (κ2) is 9.60. The molecule has 1 N–H and O–H groups in total.